The number of anilines is 2. The van der Waals surface area contributed by atoms with Crippen molar-refractivity contribution in [2.45, 2.75) is 38.6 Å². The Labute approximate surface area is 141 Å². The molecule has 1 aliphatic heterocycles. The van der Waals surface area contributed by atoms with Crippen LogP contribution in [0.4, 0.5) is 11.4 Å². The summed E-state index contributed by atoms with van der Waals surface area (Å²) in [5.74, 6) is -1.26. The van der Waals surface area contributed by atoms with Crippen LogP contribution in [0.25, 0.3) is 0 Å². The van der Waals surface area contributed by atoms with Gasteiger partial charge in [-0.2, -0.15) is 0 Å². The first-order valence-electron chi connectivity index (χ1n) is 8.18. The number of hydrogen-bond acceptors (Lipinski definition) is 4. The SMILES string of the molecule is CCCC(NCC(=O)Nc1ccccc1N1CCCC1=O)C(=O)O. The van der Waals surface area contributed by atoms with Gasteiger partial charge in [-0.1, -0.05) is 25.5 Å². The van der Waals surface area contributed by atoms with Gasteiger partial charge in [0.25, 0.3) is 0 Å². The fraction of sp³-hybridized carbons (Fsp3) is 0.471. The van der Waals surface area contributed by atoms with Gasteiger partial charge >= 0.3 is 5.97 Å². The summed E-state index contributed by atoms with van der Waals surface area (Å²) in [6.45, 7) is 2.43. The lowest BCUT2D eigenvalue weighted by atomic mass is 10.1. The van der Waals surface area contributed by atoms with Crippen LogP contribution < -0.4 is 15.5 Å². The van der Waals surface area contributed by atoms with Gasteiger partial charge in [-0.05, 0) is 25.0 Å². The van der Waals surface area contributed by atoms with Gasteiger partial charge in [-0.25, -0.2) is 0 Å². The van der Waals surface area contributed by atoms with Gasteiger partial charge in [-0.15, -0.1) is 0 Å². The standard InChI is InChI=1S/C17H23N3O4/c1-2-6-13(17(23)24)18-11-15(21)19-12-7-3-4-8-14(12)20-10-5-9-16(20)22/h3-4,7-8,13,18H,2,5-6,9-11H2,1H3,(H,19,21)(H,23,24). The normalized spacial score (nSPS) is 15.4. The van der Waals surface area contributed by atoms with E-state index in [1.165, 1.54) is 0 Å². The molecule has 1 aromatic rings. The monoisotopic (exact) mass is 333 g/mol. The quantitative estimate of drug-likeness (QED) is 0.671. The average molecular weight is 333 g/mol. The first-order valence-corrected chi connectivity index (χ1v) is 8.18. The first-order chi connectivity index (χ1) is 11.5. The summed E-state index contributed by atoms with van der Waals surface area (Å²) in [5, 5.41) is 14.6. The molecule has 1 heterocycles. The number of nitrogens with one attached hydrogen (secondary N) is 2. The van der Waals surface area contributed by atoms with Gasteiger partial charge in [0.1, 0.15) is 6.04 Å². The van der Waals surface area contributed by atoms with Crippen molar-refractivity contribution in [3.8, 4) is 0 Å². The average Bonchev–Trinajstić information content (AvgIpc) is 2.97. The number of carbonyl (C=O) groups is 3. The van der Waals surface area contributed by atoms with Crippen molar-refractivity contribution in [2.75, 3.05) is 23.3 Å². The van der Waals surface area contributed by atoms with Crippen LogP contribution in [0.2, 0.25) is 0 Å². The topological polar surface area (TPSA) is 98.7 Å². The number of nitrogens with zero attached hydrogens (tertiary/aromatic N) is 1. The zero-order valence-electron chi connectivity index (χ0n) is 13.7. The van der Waals surface area contributed by atoms with E-state index in [2.05, 4.69) is 10.6 Å². The Morgan fingerprint density at radius 1 is 1.33 bits per heavy atom. The Kier molecular flexibility index (Phi) is 6.31. The summed E-state index contributed by atoms with van der Waals surface area (Å²) in [7, 11) is 0. The molecule has 0 saturated carbocycles. The molecule has 0 spiro atoms. The molecule has 1 unspecified atom stereocenters. The first kappa shape index (κ1) is 17.9. The smallest absolute Gasteiger partial charge is 0.320 e. The molecule has 1 saturated heterocycles. The number of para-hydroxylation sites is 2. The molecule has 7 nitrogen and oxygen atoms in total. The number of rotatable bonds is 8. The molecule has 0 bridgehead atoms. The predicted molar refractivity (Wildman–Crippen MR) is 91.0 cm³/mol. The molecule has 24 heavy (non-hydrogen) atoms. The van der Waals surface area contributed by atoms with Gasteiger partial charge in [0.05, 0.1) is 17.9 Å². The summed E-state index contributed by atoms with van der Waals surface area (Å²) in [5.41, 5.74) is 1.23. The van der Waals surface area contributed by atoms with Gasteiger partial charge in [-0.3, -0.25) is 19.7 Å². The highest BCUT2D eigenvalue weighted by atomic mass is 16.4. The van der Waals surface area contributed by atoms with Crippen LogP contribution in [-0.2, 0) is 14.4 Å². The minimum Gasteiger partial charge on any atom is -0.480 e. The van der Waals surface area contributed by atoms with Crippen LogP contribution in [0.5, 0.6) is 0 Å². The van der Waals surface area contributed by atoms with E-state index < -0.39 is 12.0 Å². The molecule has 0 radical (unpaired) electrons. The van der Waals surface area contributed by atoms with E-state index in [1.807, 2.05) is 13.0 Å². The van der Waals surface area contributed by atoms with Gasteiger partial charge in [0, 0.05) is 13.0 Å². The number of benzene rings is 1. The molecule has 2 rings (SSSR count). The van der Waals surface area contributed by atoms with Gasteiger partial charge < -0.3 is 15.3 Å². The van der Waals surface area contributed by atoms with Gasteiger partial charge in [0.2, 0.25) is 11.8 Å². The maximum atomic E-state index is 12.1. The van der Waals surface area contributed by atoms with Crippen LogP contribution in [0.15, 0.2) is 24.3 Å². The summed E-state index contributed by atoms with van der Waals surface area (Å²) in [6, 6.07) is 6.39. The molecule has 1 aromatic carbocycles. The number of amides is 2. The molecule has 1 atom stereocenters. The van der Waals surface area contributed by atoms with Crippen molar-refractivity contribution in [3.05, 3.63) is 24.3 Å². The van der Waals surface area contributed by atoms with E-state index in [0.29, 0.717) is 37.2 Å². The number of carbonyl (C=O) groups excluding carboxylic acids is 2. The molecule has 1 fully saturated rings. The maximum Gasteiger partial charge on any atom is 0.320 e. The maximum absolute atomic E-state index is 12.1. The zero-order chi connectivity index (χ0) is 17.5. The van der Waals surface area contributed by atoms with Crippen molar-refractivity contribution >= 4 is 29.2 Å². The lowest BCUT2D eigenvalue weighted by molar-refractivity contribution is -0.139. The van der Waals surface area contributed by atoms with E-state index in [4.69, 9.17) is 5.11 Å². The Bertz CT molecular complexity index is 618. The third kappa shape index (κ3) is 4.55. The number of hydrogen-bond donors (Lipinski definition) is 3. The Balaban J connectivity index is 1.99. The van der Waals surface area contributed by atoms with Crippen molar-refractivity contribution in [2.24, 2.45) is 0 Å². The van der Waals surface area contributed by atoms with Crippen LogP contribution in [0.3, 0.4) is 0 Å². The van der Waals surface area contributed by atoms with Crippen molar-refractivity contribution < 1.29 is 19.5 Å². The van der Waals surface area contributed by atoms with Crippen LogP contribution in [0, 0.1) is 0 Å². The molecule has 7 heteroatoms. The lowest BCUT2D eigenvalue weighted by Crippen LogP contribution is -2.41. The number of aliphatic carboxylic acids is 1. The molecule has 0 aliphatic carbocycles. The third-order valence-corrected chi connectivity index (χ3v) is 3.93. The number of carboxylic acid groups (broad SMARTS) is 1. The summed E-state index contributed by atoms with van der Waals surface area (Å²) < 4.78 is 0. The molecule has 1 aliphatic rings. The minimum absolute atomic E-state index is 0.0451. The highest BCUT2D eigenvalue weighted by Gasteiger charge is 2.24. The van der Waals surface area contributed by atoms with Crippen molar-refractivity contribution in [1.29, 1.82) is 0 Å². The second-order valence-corrected chi connectivity index (χ2v) is 5.77. The van der Waals surface area contributed by atoms with E-state index >= 15 is 0 Å². The highest BCUT2D eigenvalue weighted by Crippen LogP contribution is 2.29. The van der Waals surface area contributed by atoms with E-state index in [1.54, 1.807) is 23.1 Å². The zero-order valence-corrected chi connectivity index (χ0v) is 13.7. The van der Waals surface area contributed by atoms with Crippen LogP contribution >= 0.6 is 0 Å². The second-order valence-electron chi connectivity index (χ2n) is 5.77. The molecular weight excluding hydrogens is 310 g/mol. The predicted octanol–water partition coefficient (Wildman–Crippen LogP) is 1.59. The third-order valence-electron chi connectivity index (χ3n) is 3.93. The van der Waals surface area contributed by atoms with Crippen LogP contribution in [0.1, 0.15) is 32.6 Å². The molecule has 0 aromatic heterocycles. The summed E-state index contributed by atoms with van der Waals surface area (Å²) in [4.78, 5) is 36.8. The summed E-state index contributed by atoms with van der Waals surface area (Å²) >= 11 is 0. The van der Waals surface area contributed by atoms with E-state index in [9.17, 15) is 14.4 Å². The second kappa shape index (κ2) is 8.44. The fourth-order valence-electron chi connectivity index (χ4n) is 2.73. The van der Waals surface area contributed by atoms with E-state index in [0.717, 1.165) is 6.42 Å². The highest BCUT2D eigenvalue weighted by molar-refractivity contribution is 6.02. The van der Waals surface area contributed by atoms with Crippen molar-refractivity contribution in [3.63, 3.8) is 0 Å². The van der Waals surface area contributed by atoms with Gasteiger partial charge in [0.15, 0.2) is 0 Å². The summed E-state index contributed by atoms with van der Waals surface area (Å²) in [6.07, 6.45) is 2.49. The Morgan fingerprint density at radius 3 is 2.71 bits per heavy atom. The molecule has 2 amide bonds. The number of carboxylic acids is 1. The molecule has 130 valence electrons. The molecule has 3 N–H and O–H groups in total. The molecular formula is C17H23N3O4. The van der Waals surface area contributed by atoms with Crippen molar-refractivity contribution in [1.82, 2.24) is 5.32 Å². The fourth-order valence-corrected chi connectivity index (χ4v) is 2.73. The van der Waals surface area contributed by atoms with Crippen LogP contribution in [-0.4, -0.2) is 42.0 Å². The Morgan fingerprint density at radius 2 is 2.08 bits per heavy atom. The van der Waals surface area contributed by atoms with E-state index in [-0.39, 0.29) is 18.4 Å². The minimum atomic E-state index is -0.965. The Hall–Kier alpha value is -2.41. The lowest BCUT2D eigenvalue weighted by Gasteiger charge is -2.20. The largest absolute Gasteiger partial charge is 0.480 e.